The molecule has 276 valence electrons. The van der Waals surface area contributed by atoms with Gasteiger partial charge in [-0.15, -0.1) is 0 Å². The summed E-state index contributed by atoms with van der Waals surface area (Å²) in [7, 11) is 3.00. The minimum atomic E-state index is -0.667. The fourth-order valence-electron chi connectivity index (χ4n) is 6.05. The summed E-state index contributed by atoms with van der Waals surface area (Å²) in [6.07, 6.45) is 0.0928. The van der Waals surface area contributed by atoms with E-state index in [0.29, 0.717) is 108 Å². The predicted octanol–water partition coefficient (Wildman–Crippen LogP) is 5.09. The summed E-state index contributed by atoms with van der Waals surface area (Å²) in [4.78, 5) is 54.7. The van der Waals surface area contributed by atoms with E-state index in [1.807, 2.05) is 20.8 Å². The highest BCUT2D eigenvalue weighted by atomic mass is 16.7. The summed E-state index contributed by atoms with van der Waals surface area (Å²) in [5.41, 5.74) is 0.439. The molecule has 51 heavy (non-hydrogen) atoms. The van der Waals surface area contributed by atoms with Crippen LogP contribution in [0.25, 0.3) is 22.0 Å². The number of hydrogen-bond donors (Lipinski definition) is 2. The number of aromatic nitrogens is 1. The smallest absolute Gasteiger partial charge is 0.410 e. The monoisotopic (exact) mass is 708 g/mol. The van der Waals surface area contributed by atoms with Crippen molar-refractivity contribution in [1.29, 1.82) is 0 Å². The lowest BCUT2D eigenvalue weighted by atomic mass is 10.0. The Hall–Kier alpha value is -4.98. The van der Waals surface area contributed by atoms with Crippen molar-refractivity contribution in [3.05, 3.63) is 45.7 Å². The fourth-order valence-corrected chi connectivity index (χ4v) is 6.05. The number of alkyl carbamates (subject to hydrolysis) is 1. The van der Waals surface area contributed by atoms with Gasteiger partial charge in [-0.3, -0.25) is 9.59 Å². The maximum Gasteiger partial charge on any atom is 0.410 e. The Labute approximate surface area is 297 Å². The Bertz CT molecular complexity index is 1870. The van der Waals surface area contributed by atoms with Gasteiger partial charge in [0.2, 0.25) is 6.79 Å². The molecule has 1 aliphatic heterocycles. The molecule has 1 aromatic heterocycles. The number of nitrogens with one attached hydrogen (secondary N) is 2. The van der Waals surface area contributed by atoms with Crippen molar-refractivity contribution in [1.82, 2.24) is 20.1 Å². The summed E-state index contributed by atoms with van der Waals surface area (Å²) >= 11 is 0. The molecule has 0 saturated carbocycles. The molecular formula is C37H48N4O10. The zero-order chi connectivity index (χ0) is 37.1. The summed E-state index contributed by atoms with van der Waals surface area (Å²) in [6, 6.07) is 6.72. The highest BCUT2D eigenvalue weighted by Gasteiger charge is 2.36. The van der Waals surface area contributed by atoms with Crippen LogP contribution in [0.5, 0.6) is 23.0 Å². The molecule has 14 heteroatoms. The first-order valence-corrected chi connectivity index (χ1v) is 17.1. The molecule has 0 bridgehead atoms. The van der Waals surface area contributed by atoms with E-state index < -0.39 is 23.4 Å². The molecule has 2 heterocycles. The number of rotatable bonds is 13. The SMILES string of the molecule is COc1cc2c3c(n(CCCNCCN(CCCNC(=O)OC(C)(C)C)C(=O)OC(C)(C)C)c(=O)c2cc1OC)-c1cc2c(cc1C3=O)OCO2. The fraction of sp³-hybridized carbons (Fsp3) is 0.514. The molecular weight excluding hydrogens is 660 g/mol. The van der Waals surface area contributed by atoms with Crippen molar-refractivity contribution in [2.45, 2.75) is 72.1 Å². The van der Waals surface area contributed by atoms with Gasteiger partial charge in [0.05, 0.1) is 30.9 Å². The van der Waals surface area contributed by atoms with Gasteiger partial charge < -0.3 is 48.5 Å². The Morgan fingerprint density at radius 1 is 0.804 bits per heavy atom. The van der Waals surface area contributed by atoms with Gasteiger partial charge in [0.25, 0.3) is 5.56 Å². The van der Waals surface area contributed by atoms with Crippen LogP contribution in [0.15, 0.2) is 29.1 Å². The van der Waals surface area contributed by atoms with Gasteiger partial charge in [-0.2, -0.15) is 0 Å². The highest BCUT2D eigenvalue weighted by Crippen LogP contribution is 2.47. The summed E-state index contributed by atoms with van der Waals surface area (Å²) in [5.74, 6) is 1.57. The standard InChI is InChI=1S/C37H48N4O10/c1-36(2,3)50-34(44)39-12-10-14-40(35(45)51-37(4,5)6)16-13-38-11-9-15-41-31-23-18-28-29(49-21-48-28)19-24(23)32(42)30(31)22-17-26(46-7)27(47-8)20-25(22)33(41)43/h17-20,38H,9-16,21H2,1-8H3,(H,39,44). The number of carbonyl (C=O) groups is 3. The molecule has 0 fully saturated rings. The molecule has 2 aromatic carbocycles. The van der Waals surface area contributed by atoms with Crippen molar-refractivity contribution in [3.63, 3.8) is 0 Å². The molecule has 0 saturated heterocycles. The molecule has 2 N–H and O–H groups in total. The molecule has 1 aliphatic carbocycles. The minimum absolute atomic E-state index is 0.0563. The van der Waals surface area contributed by atoms with Gasteiger partial charge in [-0.25, -0.2) is 9.59 Å². The van der Waals surface area contributed by atoms with E-state index >= 15 is 0 Å². The van der Waals surface area contributed by atoms with Crippen LogP contribution >= 0.6 is 0 Å². The van der Waals surface area contributed by atoms with Crippen LogP contribution in [0.1, 0.15) is 70.3 Å². The van der Waals surface area contributed by atoms with Crippen LogP contribution in [0, 0.1) is 0 Å². The van der Waals surface area contributed by atoms with Gasteiger partial charge in [0, 0.05) is 49.2 Å². The predicted molar refractivity (Wildman–Crippen MR) is 190 cm³/mol. The van der Waals surface area contributed by atoms with Gasteiger partial charge in [-0.1, -0.05) is 0 Å². The van der Waals surface area contributed by atoms with E-state index in [1.54, 1.807) is 54.5 Å². The molecule has 14 nitrogen and oxygen atoms in total. The van der Waals surface area contributed by atoms with Gasteiger partial charge >= 0.3 is 12.2 Å². The van der Waals surface area contributed by atoms with E-state index in [0.717, 1.165) is 0 Å². The van der Waals surface area contributed by atoms with Crippen LogP contribution in [-0.4, -0.2) is 92.4 Å². The first kappa shape index (κ1) is 37.3. The maximum atomic E-state index is 14.1. The number of nitrogens with zero attached hydrogens (tertiary/aromatic N) is 2. The second-order valence-corrected chi connectivity index (χ2v) is 14.4. The number of fused-ring (bicyclic) bond motifs is 6. The Balaban J connectivity index is 1.29. The first-order valence-electron chi connectivity index (χ1n) is 17.1. The third-order valence-corrected chi connectivity index (χ3v) is 8.23. The van der Waals surface area contributed by atoms with E-state index in [2.05, 4.69) is 10.6 Å². The molecule has 0 radical (unpaired) electrons. The van der Waals surface area contributed by atoms with E-state index in [1.165, 1.54) is 14.2 Å². The van der Waals surface area contributed by atoms with E-state index in [-0.39, 0.29) is 18.1 Å². The third kappa shape index (κ3) is 8.50. The number of benzene rings is 2. The number of carbonyl (C=O) groups excluding carboxylic acids is 3. The zero-order valence-corrected chi connectivity index (χ0v) is 30.7. The second kappa shape index (κ2) is 15.1. The molecule has 3 aromatic rings. The molecule has 0 unspecified atom stereocenters. The van der Waals surface area contributed by atoms with Crippen LogP contribution in [-0.2, 0) is 16.0 Å². The number of ether oxygens (including phenoxy) is 6. The average molecular weight is 709 g/mol. The third-order valence-electron chi connectivity index (χ3n) is 8.23. The second-order valence-electron chi connectivity index (χ2n) is 14.4. The summed E-state index contributed by atoms with van der Waals surface area (Å²) in [6.45, 7) is 13.2. The molecule has 0 atom stereocenters. The lowest BCUT2D eigenvalue weighted by Crippen LogP contribution is -2.42. The Kier molecular flexibility index (Phi) is 11.0. The first-order chi connectivity index (χ1) is 24.1. The normalized spacial score (nSPS) is 13.1. The van der Waals surface area contributed by atoms with Crippen LogP contribution in [0.4, 0.5) is 9.59 Å². The zero-order valence-electron chi connectivity index (χ0n) is 30.7. The lowest BCUT2D eigenvalue weighted by Gasteiger charge is -2.27. The number of methoxy groups -OCH3 is 2. The van der Waals surface area contributed by atoms with Crippen LogP contribution in [0.3, 0.4) is 0 Å². The molecule has 0 spiro atoms. The Morgan fingerprint density at radius 3 is 2.06 bits per heavy atom. The average Bonchev–Trinajstić information content (AvgIpc) is 3.63. The number of amides is 2. The molecule has 2 aliphatic rings. The van der Waals surface area contributed by atoms with Crippen molar-refractivity contribution < 1.29 is 42.8 Å². The van der Waals surface area contributed by atoms with Crippen molar-refractivity contribution in [3.8, 4) is 34.3 Å². The van der Waals surface area contributed by atoms with E-state index in [4.69, 9.17) is 28.4 Å². The summed E-state index contributed by atoms with van der Waals surface area (Å²) < 4.78 is 34.7. The van der Waals surface area contributed by atoms with Gasteiger partial charge in [0.15, 0.2) is 28.8 Å². The summed E-state index contributed by atoms with van der Waals surface area (Å²) in [5, 5.41) is 6.90. The minimum Gasteiger partial charge on any atom is -0.493 e. The van der Waals surface area contributed by atoms with Gasteiger partial charge in [0.1, 0.15) is 11.2 Å². The highest BCUT2D eigenvalue weighted by molar-refractivity contribution is 6.27. The Morgan fingerprint density at radius 2 is 1.43 bits per heavy atom. The lowest BCUT2D eigenvalue weighted by molar-refractivity contribution is 0.0249. The number of pyridine rings is 1. The molecule has 2 amide bonds. The van der Waals surface area contributed by atoms with Crippen molar-refractivity contribution in [2.75, 3.05) is 53.7 Å². The van der Waals surface area contributed by atoms with Crippen molar-refractivity contribution >= 4 is 28.7 Å². The van der Waals surface area contributed by atoms with Gasteiger partial charge in [-0.05, 0) is 85.2 Å². The quantitative estimate of drug-likeness (QED) is 0.179. The van der Waals surface area contributed by atoms with Crippen LogP contribution in [0.2, 0.25) is 0 Å². The van der Waals surface area contributed by atoms with E-state index in [9.17, 15) is 19.2 Å². The van der Waals surface area contributed by atoms with Crippen molar-refractivity contribution in [2.24, 2.45) is 0 Å². The van der Waals surface area contributed by atoms with Crippen LogP contribution < -0.4 is 35.1 Å². The molecule has 5 rings (SSSR count). The largest absolute Gasteiger partial charge is 0.493 e. The topological polar surface area (TPSA) is 156 Å². The number of ketones is 1. The number of hydrogen-bond acceptors (Lipinski definition) is 11. The maximum absolute atomic E-state index is 14.1.